The van der Waals surface area contributed by atoms with Gasteiger partial charge in [0.2, 0.25) is 0 Å². The van der Waals surface area contributed by atoms with E-state index in [9.17, 15) is 4.79 Å². The van der Waals surface area contributed by atoms with Gasteiger partial charge in [0, 0.05) is 6.54 Å². The fourth-order valence-electron chi connectivity index (χ4n) is 2.60. The Balaban J connectivity index is 1.84. The van der Waals surface area contributed by atoms with Crippen LogP contribution in [0.2, 0.25) is 0 Å². The van der Waals surface area contributed by atoms with E-state index in [1.54, 1.807) is 0 Å². The van der Waals surface area contributed by atoms with Crippen LogP contribution in [0.25, 0.3) is 0 Å². The van der Waals surface area contributed by atoms with Crippen LogP contribution in [-0.4, -0.2) is 17.6 Å². The van der Waals surface area contributed by atoms with Crippen molar-refractivity contribution in [3.63, 3.8) is 0 Å². The molecule has 18 heavy (non-hydrogen) atoms. The van der Waals surface area contributed by atoms with Crippen molar-refractivity contribution < 1.29 is 9.32 Å². The predicted molar refractivity (Wildman–Crippen MR) is 69.4 cm³/mol. The minimum atomic E-state index is -0.0441. The Morgan fingerprint density at radius 1 is 1.39 bits per heavy atom. The van der Waals surface area contributed by atoms with Crippen LogP contribution in [0.15, 0.2) is 10.8 Å². The Hall–Kier alpha value is -1.32. The summed E-state index contributed by atoms with van der Waals surface area (Å²) in [6, 6.07) is 0. The van der Waals surface area contributed by atoms with Gasteiger partial charge in [0.25, 0.3) is 5.91 Å². The molecule has 1 heterocycles. The van der Waals surface area contributed by atoms with E-state index in [2.05, 4.69) is 10.5 Å². The zero-order valence-corrected chi connectivity index (χ0v) is 11.1. The van der Waals surface area contributed by atoms with Gasteiger partial charge in [-0.25, -0.2) is 0 Å². The van der Waals surface area contributed by atoms with Crippen molar-refractivity contribution in [1.29, 1.82) is 0 Å². The van der Waals surface area contributed by atoms with E-state index in [1.165, 1.54) is 44.8 Å². The van der Waals surface area contributed by atoms with Crippen LogP contribution >= 0.6 is 0 Å². The average molecular weight is 250 g/mol. The molecule has 100 valence electrons. The lowest BCUT2D eigenvalue weighted by Crippen LogP contribution is -2.29. The van der Waals surface area contributed by atoms with Crippen molar-refractivity contribution >= 4 is 5.91 Å². The van der Waals surface area contributed by atoms with Gasteiger partial charge in [-0.15, -0.1) is 0 Å². The minimum absolute atomic E-state index is 0.0441. The molecular weight excluding hydrogens is 228 g/mol. The van der Waals surface area contributed by atoms with Crippen LogP contribution < -0.4 is 5.32 Å². The quantitative estimate of drug-likeness (QED) is 0.836. The van der Waals surface area contributed by atoms with Crippen LogP contribution in [0.3, 0.4) is 0 Å². The fourth-order valence-corrected chi connectivity index (χ4v) is 2.60. The molecule has 0 saturated heterocycles. The van der Waals surface area contributed by atoms with Crippen molar-refractivity contribution in [1.82, 2.24) is 10.5 Å². The molecule has 0 bridgehead atoms. The molecule has 2 rings (SSSR count). The van der Waals surface area contributed by atoms with Gasteiger partial charge in [-0.1, -0.05) is 37.8 Å². The molecule has 1 aromatic heterocycles. The van der Waals surface area contributed by atoms with E-state index in [-0.39, 0.29) is 5.91 Å². The highest BCUT2D eigenvalue weighted by Gasteiger charge is 2.17. The molecule has 1 saturated carbocycles. The zero-order chi connectivity index (χ0) is 12.8. The van der Waals surface area contributed by atoms with Gasteiger partial charge >= 0.3 is 0 Å². The van der Waals surface area contributed by atoms with Crippen LogP contribution in [-0.2, 0) is 6.42 Å². The molecule has 1 aliphatic rings. The number of rotatable bonds is 4. The first-order valence-corrected chi connectivity index (χ1v) is 7.02. The number of carbonyl (C=O) groups is 1. The van der Waals surface area contributed by atoms with E-state index in [1.807, 2.05) is 6.92 Å². The maximum Gasteiger partial charge on any atom is 0.256 e. The predicted octanol–water partition coefficient (Wildman–Crippen LogP) is 2.94. The van der Waals surface area contributed by atoms with E-state index >= 15 is 0 Å². The molecule has 0 radical (unpaired) electrons. The second-order valence-corrected chi connectivity index (χ2v) is 5.10. The first-order valence-electron chi connectivity index (χ1n) is 7.02. The molecule has 0 unspecified atom stereocenters. The summed E-state index contributed by atoms with van der Waals surface area (Å²) in [5, 5.41) is 6.85. The molecule has 4 heteroatoms. The highest BCUT2D eigenvalue weighted by atomic mass is 16.5. The second kappa shape index (κ2) is 6.57. The number of nitrogens with zero attached hydrogens (tertiary/aromatic N) is 1. The molecule has 1 N–H and O–H groups in total. The van der Waals surface area contributed by atoms with Crippen LogP contribution in [0.4, 0.5) is 0 Å². The minimum Gasteiger partial charge on any atom is -0.364 e. The second-order valence-electron chi connectivity index (χ2n) is 5.10. The van der Waals surface area contributed by atoms with Gasteiger partial charge in [0.15, 0.2) is 0 Å². The maximum atomic E-state index is 12.0. The number of hydrogen-bond donors (Lipinski definition) is 1. The Morgan fingerprint density at radius 2 is 2.11 bits per heavy atom. The summed E-state index contributed by atoms with van der Waals surface area (Å²) < 4.78 is 4.86. The zero-order valence-electron chi connectivity index (χ0n) is 11.1. The summed E-state index contributed by atoms with van der Waals surface area (Å²) in [6.07, 6.45) is 9.94. The summed E-state index contributed by atoms with van der Waals surface area (Å²) in [5.41, 5.74) is 1.33. The van der Waals surface area contributed by atoms with Crippen molar-refractivity contribution in [2.24, 2.45) is 5.92 Å². The highest BCUT2D eigenvalue weighted by Crippen LogP contribution is 2.22. The Kier molecular flexibility index (Phi) is 4.79. The van der Waals surface area contributed by atoms with Gasteiger partial charge in [0.1, 0.15) is 11.8 Å². The summed E-state index contributed by atoms with van der Waals surface area (Å²) in [4.78, 5) is 12.0. The highest BCUT2D eigenvalue weighted by molar-refractivity contribution is 5.94. The summed E-state index contributed by atoms with van der Waals surface area (Å²) in [5.74, 6) is 0.596. The smallest absolute Gasteiger partial charge is 0.256 e. The van der Waals surface area contributed by atoms with Gasteiger partial charge in [-0.3, -0.25) is 4.79 Å². The first kappa shape index (κ1) is 13.1. The molecule has 4 nitrogen and oxygen atoms in total. The summed E-state index contributed by atoms with van der Waals surface area (Å²) in [6.45, 7) is 2.76. The Bertz CT molecular complexity index is 379. The topological polar surface area (TPSA) is 55.1 Å². The Labute approximate surface area is 108 Å². The molecule has 1 amide bonds. The molecule has 0 spiro atoms. The van der Waals surface area contributed by atoms with E-state index in [0.29, 0.717) is 11.5 Å². The first-order chi connectivity index (χ1) is 8.81. The molecular formula is C14H22N2O2. The van der Waals surface area contributed by atoms with E-state index in [4.69, 9.17) is 4.52 Å². The van der Waals surface area contributed by atoms with E-state index in [0.717, 1.165) is 18.7 Å². The molecule has 1 aliphatic carbocycles. The molecule has 1 aromatic rings. The van der Waals surface area contributed by atoms with Gasteiger partial charge < -0.3 is 9.84 Å². The fraction of sp³-hybridized carbons (Fsp3) is 0.714. The number of nitrogens with one attached hydrogen (secondary N) is 1. The lowest BCUT2D eigenvalue weighted by molar-refractivity contribution is 0.0944. The van der Waals surface area contributed by atoms with E-state index < -0.39 is 0 Å². The number of carbonyl (C=O) groups excluding carboxylic acids is 1. The number of hydrogen-bond acceptors (Lipinski definition) is 3. The molecule has 0 aromatic carbocycles. The average Bonchev–Trinajstić information content (AvgIpc) is 2.72. The SMILES string of the molecule is CCc1nocc1C(=O)NCC1CCCCCC1. The largest absolute Gasteiger partial charge is 0.364 e. The third-order valence-electron chi connectivity index (χ3n) is 3.75. The third kappa shape index (κ3) is 3.34. The number of aryl methyl sites for hydroxylation is 1. The summed E-state index contributed by atoms with van der Waals surface area (Å²) >= 11 is 0. The normalized spacial score (nSPS) is 17.4. The molecule has 0 atom stereocenters. The number of aromatic nitrogens is 1. The van der Waals surface area contributed by atoms with Gasteiger partial charge in [0.05, 0.1) is 5.69 Å². The standard InChI is InChI=1S/C14H22N2O2/c1-2-13-12(10-18-16-13)14(17)15-9-11-7-5-3-4-6-8-11/h10-11H,2-9H2,1H3,(H,15,17). The van der Waals surface area contributed by atoms with Gasteiger partial charge in [-0.2, -0.15) is 0 Å². The van der Waals surface area contributed by atoms with Crippen molar-refractivity contribution in [2.45, 2.75) is 51.9 Å². The van der Waals surface area contributed by atoms with Crippen LogP contribution in [0.5, 0.6) is 0 Å². The van der Waals surface area contributed by atoms with Crippen LogP contribution in [0.1, 0.15) is 61.5 Å². The summed E-state index contributed by atoms with van der Waals surface area (Å²) in [7, 11) is 0. The monoisotopic (exact) mass is 250 g/mol. The molecule has 0 aliphatic heterocycles. The van der Waals surface area contributed by atoms with Gasteiger partial charge in [-0.05, 0) is 25.2 Å². The lowest BCUT2D eigenvalue weighted by Gasteiger charge is -2.14. The van der Waals surface area contributed by atoms with Crippen molar-refractivity contribution in [2.75, 3.05) is 6.54 Å². The lowest BCUT2D eigenvalue weighted by atomic mass is 10.0. The number of amides is 1. The van der Waals surface area contributed by atoms with Crippen molar-refractivity contribution in [3.05, 3.63) is 17.5 Å². The van der Waals surface area contributed by atoms with Crippen LogP contribution in [0, 0.1) is 5.92 Å². The Morgan fingerprint density at radius 3 is 2.78 bits per heavy atom. The molecule has 1 fully saturated rings. The maximum absolute atomic E-state index is 12.0. The third-order valence-corrected chi connectivity index (χ3v) is 3.75. The van der Waals surface area contributed by atoms with Crippen molar-refractivity contribution in [3.8, 4) is 0 Å².